The molecule has 4 nitrogen and oxygen atoms in total. The number of likely N-dealkylation sites (N-methyl/N-ethyl adjacent to an activating group) is 1. The van der Waals surface area contributed by atoms with Crippen LogP contribution in [0.25, 0.3) is 16.9 Å². The molecular weight excluding hydrogens is 272 g/mol. The van der Waals surface area contributed by atoms with Crippen LogP contribution in [0.5, 0.6) is 0 Å². The molecule has 2 aromatic heterocycles. The molecule has 1 saturated heterocycles. The van der Waals surface area contributed by atoms with Crippen LogP contribution in [0.1, 0.15) is 25.1 Å². The quantitative estimate of drug-likeness (QED) is 0.743. The zero-order valence-electron chi connectivity index (χ0n) is 12.8. The second-order valence-electron chi connectivity index (χ2n) is 5.87. The molecule has 0 bridgehead atoms. The summed E-state index contributed by atoms with van der Waals surface area (Å²) in [6.45, 7) is 5.59. The highest BCUT2D eigenvalue weighted by Gasteiger charge is 2.28. The molecule has 0 aliphatic carbocycles. The lowest BCUT2D eigenvalue weighted by atomic mass is 10.1. The molecule has 0 saturated carbocycles. The third kappa shape index (κ3) is 2.20. The molecular formula is C18H20N4. The Labute approximate surface area is 130 Å². The van der Waals surface area contributed by atoms with Gasteiger partial charge in [-0.1, -0.05) is 25.1 Å². The highest BCUT2D eigenvalue weighted by atomic mass is 15.2. The summed E-state index contributed by atoms with van der Waals surface area (Å²) in [5, 5.41) is 0. The predicted molar refractivity (Wildman–Crippen MR) is 88.3 cm³/mol. The first-order chi connectivity index (χ1) is 10.9. The maximum atomic E-state index is 4.91. The maximum Gasteiger partial charge on any atom is 0.164 e. The van der Waals surface area contributed by atoms with Gasteiger partial charge < -0.3 is 4.90 Å². The normalized spacial score (nSPS) is 19.0. The molecule has 1 aliphatic rings. The fourth-order valence-electron chi connectivity index (χ4n) is 3.37. The molecule has 22 heavy (non-hydrogen) atoms. The van der Waals surface area contributed by atoms with Gasteiger partial charge in [0.05, 0.1) is 0 Å². The van der Waals surface area contributed by atoms with Crippen LogP contribution in [-0.4, -0.2) is 39.1 Å². The first-order valence-corrected chi connectivity index (χ1v) is 7.98. The number of aromatic nitrogens is 3. The van der Waals surface area contributed by atoms with Gasteiger partial charge >= 0.3 is 0 Å². The largest absolute Gasteiger partial charge is 0.303 e. The van der Waals surface area contributed by atoms with Gasteiger partial charge in [0.2, 0.25) is 0 Å². The van der Waals surface area contributed by atoms with Crippen molar-refractivity contribution in [2.75, 3.05) is 19.6 Å². The van der Waals surface area contributed by atoms with Gasteiger partial charge in [-0.2, -0.15) is 0 Å². The van der Waals surface area contributed by atoms with E-state index in [0.29, 0.717) is 5.92 Å². The molecule has 0 radical (unpaired) electrons. The zero-order chi connectivity index (χ0) is 14.9. The minimum Gasteiger partial charge on any atom is -0.303 e. The van der Waals surface area contributed by atoms with Crippen molar-refractivity contribution < 1.29 is 0 Å². The van der Waals surface area contributed by atoms with E-state index in [1.165, 1.54) is 6.42 Å². The van der Waals surface area contributed by atoms with Crippen molar-refractivity contribution in [1.29, 1.82) is 0 Å². The van der Waals surface area contributed by atoms with Crippen molar-refractivity contribution in [3.8, 4) is 5.69 Å². The van der Waals surface area contributed by atoms with E-state index in [1.54, 1.807) is 0 Å². The molecule has 0 spiro atoms. The fourth-order valence-corrected chi connectivity index (χ4v) is 3.37. The highest BCUT2D eigenvalue weighted by molar-refractivity contribution is 5.74. The van der Waals surface area contributed by atoms with E-state index >= 15 is 0 Å². The summed E-state index contributed by atoms with van der Waals surface area (Å²) in [4.78, 5) is 12.0. The Kier molecular flexibility index (Phi) is 3.39. The van der Waals surface area contributed by atoms with Gasteiger partial charge in [-0.25, -0.2) is 9.97 Å². The first kappa shape index (κ1) is 13.5. The lowest BCUT2D eigenvalue weighted by Gasteiger charge is -2.15. The van der Waals surface area contributed by atoms with E-state index in [2.05, 4.69) is 51.7 Å². The molecule has 1 unspecified atom stereocenters. The topological polar surface area (TPSA) is 34.0 Å². The molecule has 3 aromatic rings. The van der Waals surface area contributed by atoms with E-state index < -0.39 is 0 Å². The Bertz CT molecular complexity index is 778. The van der Waals surface area contributed by atoms with Crippen molar-refractivity contribution in [2.24, 2.45) is 0 Å². The van der Waals surface area contributed by atoms with Crippen LogP contribution < -0.4 is 0 Å². The Morgan fingerprint density at radius 3 is 2.77 bits per heavy atom. The summed E-state index contributed by atoms with van der Waals surface area (Å²) in [6.07, 6.45) is 3.02. The van der Waals surface area contributed by atoms with Gasteiger partial charge in [-0.05, 0) is 43.8 Å². The number of nitrogens with zero attached hydrogens (tertiary/aromatic N) is 4. The number of imidazole rings is 1. The first-order valence-electron chi connectivity index (χ1n) is 7.98. The van der Waals surface area contributed by atoms with Gasteiger partial charge in [0.15, 0.2) is 5.65 Å². The summed E-state index contributed by atoms with van der Waals surface area (Å²) in [7, 11) is 0. The average molecular weight is 292 g/mol. The lowest BCUT2D eigenvalue weighted by Crippen LogP contribution is -2.20. The molecule has 4 heteroatoms. The Hall–Kier alpha value is -2.20. The predicted octanol–water partition coefficient (Wildman–Crippen LogP) is 3.23. The number of likely N-dealkylation sites (tertiary alicyclic amines) is 1. The molecule has 1 atom stereocenters. The zero-order valence-corrected chi connectivity index (χ0v) is 12.8. The third-order valence-electron chi connectivity index (χ3n) is 4.54. The number of fused-ring (bicyclic) bond motifs is 1. The van der Waals surface area contributed by atoms with Crippen molar-refractivity contribution in [3.63, 3.8) is 0 Å². The van der Waals surface area contributed by atoms with E-state index in [0.717, 1.165) is 42.3 Å². The van der Waals surface area contributed by atoms with E-state index in [4.69, 9.17) is 4.98 Å². The third-order valence-corrected chi connectivity index (χ3v) is 4.54. The lowest BCUT2D eigenvalue weighted by molar-refractivity contribution is 0.352. The van der Waals surface area contributed by atoms with E-state index in [-0.39, 0.29) is 0 Å². The summed E-state index contributed by atoms with van der Waals surface area (Å²) >= 11 is 0. The smallest absolute Gasteiger partial charge is 0.164 e. The number of hydrogen-bond acceptors (Lipinski definition) is 3. The minimum absolute atomic E-state index is 0.481. The van der Waals surface area contributed by atoms with Crippen molar-refractivity contribution in [2.45, 2.75) is 19.3 Å². The van der Waals surface area contributed by atoms with Crippen molar-refractivity contribution >= 4 is 11.2 Å². The van der Waals surface area contributed by atoms with Gasteiger partial charge in [-0.15, -0.1) is 0 Å². The summed E-state index contributed by atoms with van der Waals surface area (Å²) in [5.74, 6) is 1.63. The molecule has 1 fully saturated rings. The van der Waals surface area contributed by atoms with Gasteiger partial charge in [0.25, 0.3) is 0 Å². The van der Waals surface area contributed by atoms with Gasteiger partial charge in [0.1, 0.15) is 11.3 Å². The molecule has 0 amide bonds. The monoisotopic (exact) mass is 292 g/mol. The van der Waals surface area contributed by atoms with Crippen LogP contribution in [0.15, 0.2) is 48.7 Å². The number of benzene rings is 1. The molecule has 1 aromatic carbocycles. The molecule has 1 aliphatic heterocycles. The molecule has 0 N–H and O–H groups in total. The standard InChI is InChI=1S/C18H20N4/c1-2-21-12-10-14(13-21)17-20-16-9-6-11-19-18(16)22(17)15-7-4-3-5-8-15/h3-9,11,14H,2,10,12-13H2,1H3. The second kappa shape index (κ2) is 5.54. The fraction of sp³-hybridized carbons (Fsp3) is 0.333. The average Bonchev–Trinajstić information content (AvgIpc) is 3.19. The maximum absolute atomic E-state index is 4.91. The second-order valence-corrected chi connectivity index (χ2v) is 5.87. The number of pyridine rings is 1. The molecule has 4 rings (SSSR count). The van der Waals surface area contributed by atoms with Crippen LogP contribution in [0.3, 0.4) is 0 Å². The SMILES string of the molecule is CCN1CCC(c2nc3cccnc3n2-c2ccccc2)C1. The van der Waals surface area contributed by atoms with Crippen molar-refractivity contribution in [3.05, 3.63) is 54.5 Å². The Morgan fingerprint density at radius 2 is 2.00 bits per heavy atom. The van der Waals surface area contributed by atoms with Crippen LogP contribution in [0.4, 0.5) is 0 Å². The van der Waals surface area contributed by atoms with Crippen LogP contribution in [-0.2, 0) is 0 Å². The highest BCUT2D eigenvalue weighted by Crippen LogP contribution is 2.30. The van der Waals surface area contributed by atoms with E-state index in [9.17, 15) is 0 Å². The minimum atomic E-state index is 0.481. The Morgan fingerprint density at radius 1 is 1.14 bits per heavy atom. The number of rotatable bonds is 3. The van der Waals surface area contributed by atoms with Crippen LogP contribution >= 0.6 is 0 Å². The summed E-state index contributed by atoms with van der Waals surface area (Å²) in [6, 6.07) is 14.5. The van der Waals surface area contributed by atoms with Gasteiger partial charge in [-0.3, -0.25) is 4.57 Å². The van der Waals surface area contributed by atoms with Crippen LogP contribution in [0.2, 0.25) is 0 Å². The van der Waals surface area contributed by atoms with Crippen LogP contribution in [0, 0.1) is 0 Å². The number of hydrogen-bond donors (Lipinski definition) is 0. The summed E-state index contributed by atoms with van der Waals surface area (Å²) in [5.41, 5.74) is 3.09. The molecule has 3 heterocycles. The summed E-state index contributed by atoms with van der Waals surface area (Å²) < 4.78 is 2.24. The molecule has 112 valence electrons. The Balaban J connectivity index is 1.87. The van der Waals surface area contributed by atoms with Gasteiger partial charge in [0, 0.05) is 24.3 Å². The van der Waals surface area contributed by atoms with Crippen molar-refractivity contribution in [1.82, 2.24) is 19.4 Å². The number of para-hydroxylation sites is 1. The van der Waals surface area contributed by atoms with E-state index in [1.807, 2.05) is 18.3 Å².